The van der Waals surface area contributed by atoms with Gasteiger partial charge in [0.25, 0.3) is 5.91 Å². The maximum atomic E-state index is 13.7. The van der Waals surface area contributed by atoms with Crippen LogP contribution in [-0.4, -0.2) is 26.7 Å². The van der Waals surface area contributed by atoms with E-state index in [1.54, 1.807) is 24.4 Å². The number of phenols is 1. The molecule has 0 bridgehead atoms. The van der Waals surface area contributed by atoms with Crippen LogP contribution in [0.1, 0.15) is 20.9 Å². The Bertz CT molecular complexity index is 928. The average Bonchev–Trinajstić information content (AvgIpc) is 3.09. The molecule has 0 aliphatic rings. The van der Waals surface area contributed by atoms with Crippen molar-refractivity contribution in [1.29, 1.82) is 0 Å². The number of aliphatic carboxylic acids is 1. The third kappa shape index (κ3) is 2.49. The second-order valence-electron chi connectivity index (χ2n) is 5.07. The van der Waals surface area contributed by atoms with Crippen LogP contribution >= 0.6 is 11.3 Å². The molecule has 0 saturated carbocycles. The van der Waals surface area contributed by atoms with Gasteiger partial charge in [-0.25, -0.2) is 4.39 Å². The number of hydrogen-bond acceptors (Lipinski definition) is 4. The van der Waals surface area contributed by atoms with E-state index in [1.165, 1.54) is 15.9 Å². The molecule has 0 saturated heterocycles. The van der Waals surface area contributed by atoms with Crippen LogP contribution in [0.2, 0.25) is 0 Å². The number of carboxylic acids is 1. The Morgan fingerprint density at radius 3 is 2.70 bits per heavy atom. The maximum absolute atomic E-state index is 13.7. The number of carbonyl (C=O) groups excluding carboxylic acids is 1. The molecule has 5 nitrogen and oxygen atoms in total. The van der Waals surface area contributed by atoms with Gasteiger partial charge in [0.05, 0.1) is 16.8 Å². The summed E-state index contributed by atoms with van der Waals surface area (Å²) in [5, 5.41) is 20.8. The van der Waals surface area contributed by atoms with Crippen LogP contribution < -0.4 is 0 Å². The number of thiophene rings is 1. The van der Waals surface area contributed by atoms with Crippen LogP contribution in [-0.2, 0) is 11.2 Å². The summed E-state index contributed by atoms with van der Waals surface area (Å²) in [6, 6.07) is 5.58. The van der Waals surface area contributed by atoms with Gasteiger partial charge in [0.2, 0.25) is 0 Å². The summed E-state index contributed by atoms with van der Waals surface area (Å²) >= 11 is 1.24. The van der Waals surface area contributed by atoms with Crippen molar-refractivity contribution in [3.63, 3.8) is 0 Å². The standard InChI is InChI=1S/C16H12FNO4S/c1-8-9(6-15(20)21)10-5-13(19)11(17)7-12(10)18(8)16(22)14-3-2-4-23-14/h2-5,7,19H,6H2,1H3,(H,20,21). The summed E-state index contributed by atoms with van der Waals surface area (Å²) in [4.78, 5) is 24.2. The zero-order chi connectivity index (χ0) is 16.7. The molecule has 2 N–H and O–H groups in total. The normalized spacial score (nSPS) is 11.0. The molecular formula is C16H12FNO4S. The van der Waals surface area contributed by atoms with Crippen molar-refractivity contribution in [2.45, 2.75) is 13.3 Å². The van der Waals surface area contributed by atoms with E-state index in [-0.39, 0.29) is 17.8 Å². The molecular weight excluding hydrogens is 321 g/mol. The van der Waals surface area contributed by atoms with Crippen molar-refractivity contribution < 1.29 is 24.2 Å². The molecule has 0 radical (unpaired) electrons. The van der Waals surface area contributed by atoms with E-state index < -0.39 is 17.5 Å². The smallest absolute Gasteiger partial charge is 0.307 e. The molecule has 0 fully saturated rings. The van der Waals surface area contributed by atoms with E-state index in [0.717, 1.165) is 12.1 Å². The lowest BCUT2D eigenvalue weighted by atomic mass is 10.1. The maximum Gasteiger partial charge on any atom is 0.307 e. The first-order chi connectivity index (χ1) is 10.9. The summed E-state index contributed by atoms with van der Waals surface area (Å²) in [5.74, 6) is -2.87. The highest BCUT2D eigenvalue weighted by atomic mass is 32.1. The van der Waals surface area contributed by atoms with Crippen molar-refractivity contribution in [1.82, 2.24) is 4.57 Å². The van der Waals surface area contributed by atoms with Crippen LogP contribution in [0.25, 0.3) is 10.9 Å². The predicted octanol–water partition coefficient (Wildman–Crippen LogP) is 3.17. The highest BCUT2D eigenvalue weighted by molar-refractivity contribution is 7.12. The van der Waals surface area contributed by atoms with E-state index in [4.69, 9.17) is 5.11 Å². The van der Waals surface area contributed by atoms with Crippen LogP contribution in [0.3, 0.4) is 0 Å². The lowest BCUT2D eigenvalue weighted by Gasteiger charge is -2.05. The highest BCUT2D eigenvalue weighted by Gasteiger charge is 2.23. The van der Waals surface area contributed by atoms with Gasteiger partial charge in [-0.2, -0.15) is 0 Å². The molecule has 0 amide bonds. The molecule has 7 heteroatoms. The van der Waals surface area contributed by atoms with Gasteiger partial charge in [0.1, 0.15) is 0 Å². The van der Waals surface area contributed by atoms with Gasteiger partial charge < -0.3 is 10.2 Å². The Hall–Kier alpha value is -2.67. The van der Waals surface area contributed by atoms with Crippen LogP contribution in [0.15, 0.2) is 29.6 Å². The third-order valence-electron chi connectivity index (χ3n) is 3.67. The van der Waals surface area contributed by atoms with E-state index in [1.807, 2.05) is 0 Å². The van der Waals surface area contributed by atoms with Crippen LogP contribution in [0, 0.1) is 12.7 Å². The van der Waals surface area contributed by atoms with E-state index in [0.29, 0.717) is 21.5 Å². The van der Waals surface area contributed by atoms with Gasteiger partial charge in [-0.3, -0.25) is 14.2 Å². The van der Waals surface area contributed by atoms with Crippen molar-refractivity contribution in [3.8, 4) is 5.75 Å². The van der Waals surface area contributed by atoms with Crippen molar-refractivity contribution in [2.24, 2.45) is 0 Å². The second kappa shape index (κ2) is 5.51. The van der Waals surface area contributed by atoms with Gasteiger partial charge in [-0.05, 0) is 30.0 Å². The number of aromatic hydroxyl groups is 1. The predicted molar refractivity (Wildman–Crippen MR) is 83.7 cm³/mol. The average molecular weight is 333 g/mol. The fourth-order valence-electron chi connectivity index (χ4n) is 2.64. The molecule has 0 atom stereocenters. The van der Waals surface area contributed by atoms with Crippen molar-refractivity contribution in [3.05, 3.63) is 51.6 Å². The first-order valence-corrected chi connectivity index (χ1v) is 7.60. The number of aromatic nitrogens is 1. The monoisotopic (exact) mass is 333 g/mol. The van der Waals surface area contributed by atoms with Gasteiger partial charge >= 0.3 is 5.97 Å². The number of halogens is 1. The van der Waals surface area contributed by atoms with Crippen LogP contribution in [0.5, 0.6) is 5.75 Å². The summed E-state index contributed by atoms with van der Waals surface area (Å²) in [6.07, 6.45) is -0.321. The Balaban J connectivity index is 2.32. The Morgan fingerprint density at radius 2 is 2.09 bits per heavy atom. The number of hydrogen-bond donors (Lipinski definition) is 2. The molecule has 2 aromatic heterocycles. The quantitative estimate of drug-likeness (QED) is 0.771. The zero-order valence-corrected chi connectivity index (χ0v) is 12.9. The largest absolute Gasteiger partial charge is 0.505 e. The number of phenolic OH excluding ortho intramolecular Hbond substituents is 1. The summed E-state index contributed by atoms with van der Waals surface area (Å²) < 4.78 is 15.0. The van der Waals surface area contributed by atoms with Gasteiger partial charge in [-0.1, -0.05) is 6.07 Å². The zero-order valence-electron chi connectivity index (χ0n) is 12.0. The van der Waals surface area contributed by atoms with Crippen molar-refractivity contribution >= 4 is 34.1 Å². The minimum absolute atomic E-state index is 0.243. The molecule has 0 spiro atoms. The number of benzene rings is 1. The van der Waals surface area contributed by atoms with Crippen molar-refractivity contribution in [2.75, 3.05) is 0 Å². The summed E-state index contributed by atoms with van der Waals surface area (Å²) in [7, 11) is 0. The molecule has 3 rings (SSSR count). The van der Waals surface area contributed by atoms with Gasteiger partial charge in [0.15, 0.2) is 11.6 Å². The number of nitrogens with zero attached hydrogens (tertiary/aromatic N) is 1. The fourth-order valence-corrected chi connectivity index (χ4v) is 3.29. The number of carbonyl (C=O) groups is 2. The summed E-state index contributed by atoms with van der Waals surface area (Å²) in [6.45, 7) is 1.61. The first kappa shape index (κ1) is 15.2. The molecule has 23 heavy (non-hydrogen) atoms. The Morgan fingerprint density at radius 1 is 1.35 bits per heavy atom. The fraction of sp³-hybridized carbons (Fsp3) is 0.125. The number of fused-ring (bicyclic) bond motifs is 1. The minimum Gasteiger partial charge on any atom is -0.505 e. The van der Waals surface area contributed by atoms with E-state index in [9.17, 15) is 19.1 Å². The second-order valence-corrected chi connectivity index (χ2v) is 6.02. The van der Waals surface area contributed by atoms with Gasteiger partial charge in [-0.15, -0.1) is 11.3 Å². The Kier molecular flexibility index (Phi) is 3.65. The molecule has 0 aliphatic carbocycles. The number of rotatable bonds is 3. The molecule has 2 heterocycles. The van der Waals surface area contributed by atoms with E-state index >= 15 is 0 Å². The lowest BCUT2D eigenvalue weighted by Crippen LogP contribution is -2.13. The molecule has 3 aromatic rings. The molecule has 0 aliphatic heterocycles. The van der Waals surface area contributed by atoms with Crippen LogP contribution in [0.4, 0.5) is 4.39 Å². The summed E-state index contributed by atoms with van der Waals surface area (Å²) in [5.41, 5.74) is 1.05. The van der Waals surface area contributed by atoms with E-state index in [2.05, 4.69) is 0 Å². The minimum atomic E-state index is -1.07. The molecule has 1 aromatic carbocycles. The highest BCUT2D eigenvalue weighted by Crippen LogP contribution is 2.32. The first-order valence-electron chi connectivity index (χ1n) is 6.72. The third-order valence-corrected chi connectivity index (χ3v) is 4.52. The molecule has 0 unspecified atom stereocenters. The van der Waals surface area contributed by atoms with Gasteiger partial charge in [0, 0.05) is 17.1 Å². The lowest BCUT2D eigenvalue weighted by molar-refractivity contribution is -0.136. The Labute approximate surface area is 134 Å². The topological polar surface area (TPSA) is 79.5 Å². The number of carboxylic acid groups (broad SMARTS) is 1. The SMILES string of the molecule is Cc1c(CC(=O)O)c2cc(O)c(F)cc2n1C(=O)c1cccs1. The molecule has 118 valence electrons.